The Labute approximate surface area is 129 Å². The molecule has 4 nitrogen and oxygen atoms in total. The normalized spacial score (nSPS) is 11.0. The first-order valence-corrected chi connectivity index (χ1v) is 7.22. The van der Waals surface area contributed by atoms with Gasteiger partial charge in [-0.3, -0.25) is 9.59 Å². The summed E-state index contributed by atoms with van der Waals surface area (Å²) < 4.78 is 7.67. The molecular weight excluding hydrogens is 334 g/mol. The molecule has 3 rings (SSSR count). The SMILES string of the molecule is Cc1cc(Br)cn(CC(=O)c2cc3ccccc3o2)c1=O. The van der Waals surface area contributed by atoms with Gasteiger partial charge in [-0.2, -0.15) is 0 Å². The predicted octanol–water partition coefficient (Wildman–Crippen LogP) is 3.55. The Bertz CT molecular complexity index is 859. The van der Waals surface area contributed by atoms with Crippen molar-refractivity contribution in [1.82, 2.24) is 4.57 Å². The predicted molar refractivity (Wildman–Crippen MR) is 83.7 cm³/mol. The van der Waals surface area contributed by atoms with E-state index in [1.165, 1.54) is 4.57 Å². The summed E-state index contributed by atoms with van der Waals surface area (Å²) in [6, 6.07) is 10.8. The van der Waals surface area contributed by atoms with Crippen molar-refractivity contribution < 1.29 is 9.21 Å². The second-order valence-corrected chi connectivity index (χ2v) is 5.76. The van der Waals surface area contributed by atoms with Gasteiger partial charge in [-0.25, -0.2) is 0 Å². The van der Waals surface area contributed by atoms with Gasteiger partial charge in [-0.1, -0.05) is 18.2 Å². The van der Waals surface area contributed by atoms with Gasteiger partial charge in [0.05, 0.1) is 6.54 Å². The molecule has 106 valence electrons. The first-order chi connectivity index (χ1) is 10.0. The molecule has 0 unspecified atom stereocenters. The first kappa shape index (κ1) is 13.8. The highest BCUT2D eigenvalue weighted by Gasteiger charge is 2.14. The largest absolute Gasteiger partial charge is 0.453 e. The maximum absolute atomic E-state index is 12.3. The third-order valence-corrected chi connectivity index (χ3v) is 3.68. The van der Waals surface area contributed by atoms with Gasteiger partial charge in [0.15, 0.2) is 5.76 Å². The Morgan fingerprint density at radius 2 is 2.05 bits per heavy atom. The molecule has 0 saturated carbocycles. The molecule has 3 aromatic rings. The summed E-state index contributed by atoms with van der Waals surface area (Å²) in [6.07, 6.45) is 1.61. The smallest absolute Gasteiger partial charge is 0.253 e. The van der Waals surface area contributed by atoms with Gasteiger partial charge >= 0.3 is 0 Å². The molecule has 2 aromatic heterocycles. The summed E-state index contributed by atoms with van der Waals surface area (Å²) in [5.41, 5.74) is 1.07. The summed E-state index contributed by atoms with van der Waals surface area (Å²) >= 11 is 3.33. The van der Waals surface area contributed by atoms with Crippen LogP contribution in [0, 0.1) is 6.92 Å². The van der Waals surface area contributed by atoms with E-state index in [0.29, 0.717) is 11.1 Å². The summed E-state index contributed by atoms with van der Waals surface area (Å²) in [5, 5.41) is 0.874. The zero-order valence-electron chi connectivity index (χ0n) is 11.3. The minimum Gasteiger partial charge on any atom is -0.453 e. The van der Waals surface area contributed by atoms with E-state index in [4.69, 9.17) is 4.42 Å². The molecule has 21 heavy (non-hydrogen) atoms. The number of ketones is 1. The number of Topliss-reactive ketones (excluding diaryl/α,β-unsaturated/α-hetero) is 1. The Balaban J connectivity index is 1.95. The average Bonchev–Trinajstić information content (AvgIpc) is 2.88. The second-order valence-electron chi connectivity index (χ2n) is 4.85. The van der Waals surface area contributed by atoms with Crippen molar-refractivity contribution >= 4 is 32.7 Å². The van der Waals surface area contributed by atoms with Crippen LogP contribution in [0.3, 0.4) is 0 Å². The van der Waals surface area contributed by atoms with Crippen LogP contribution in [0.1, 0.15) is 16.1 Å². The second kappa shape index (κ2) is 5.33. The van der Waals surface area contributed by atoms with Crippen LogP contribution < -0.4 is 5.56 Å². The monoisotopic (exact) mass is 345 g/mol. The van der Waals surface area contributed by atoms with Crippen molar-refractivity contribution in [3.63, 3.8) is 0 Å². The molecule has 0 bridgehead atoms. The lowest BCUT2D eigenvalue weighted by atomic mass is 10.2. The highest BCUT2D eigenvalue weighted by molar-refractivity contribution is 9.10. The Hall–Kier alpha value is -2.14. The number of hydrogen-bond acceptors (Lipinski definition) is 3. The molecule has 0 aliphatic heterocycles. The molecule has 5 heteroatoms. The molecule has 0 spiro atoms. The van der Waals surface area contributed by atoms with E-state index < -0.39 is 0 Å². The van der Waals surface area contributed by atoms with E-state index in [-0.39, 0.29) is 23.6 Å². The molecule has 1 aromatic carbocycles. The molecule has 0 aliphatic carbocycles. The van der Waals surface area contributed by atoms with Crippen LogP contribution in [0.5, 0.6) is 0 Å². The minimum atomic E-state index is -0.231. The van der Waals surface area contributed by atoms with Gasteiger partial charge < -0.3 is 8.98 Å². The number of carbonyl (C=O) groups excluding carboxylic acids is 1. The summed E-state index contributed by atoms with van der Waals surface area (Å²) in [4.78, 5) is 24.3. The summed E-state index contributed by atoms with van der Waals surface area (Å²) in [7, 11) is 0. The molecular formula is C16H12BrNO3. The van der Waals surface area contributed by atoms with Gasteiger partial charge in [-0.05, 0) is 41.1 Å². The first-order valence-electron chi connectivity index (χ1n) is 6.43. The maximum atomic E-state index is 12.3. The average molecular weight is 346 g/mol. The van der Waals surface area contributed by atoms with Crippen molar-refractivity contribution in [1.29, 1.82) is 0 Å². The standard InChI is InChI=1S/C16H12BrNO3/c1-10-6-12(17)8-18(16(10)20)9-13(19)15-7-11-4-2-3-5-14(11)21-15/h2-8H,9H2,1H3. The number of aromatic nitrogens is 1. The van der Waals surface area contributed by atoms with Crippen molar-refractivity contribution in [2.45, 2.75) is 13.5 Å². The Morgan fingerprint density at radius 3 is 2.81 bits per heavy atom. The third kappa shape index (κ3) is 2.69. The van der Waals surface area contributed by atoms with Gasteiger partial charge in [0, 0.05) is 21.6 Å². The fourth-order valence-corrected chi connectivity index (χ4v) is 2.80. The van der Waals surface area contributed by atoms with Gasteiger partial charge in [-0.15, -0.1) is 0 Å². The quantitative estimate of drug-likeness (QED) is 0.682. The van der Waals surface area contributed by atoms with Crippen molar-refractivity contribution in [2.24, 2.45) is 0 Å². The number of furan rings is 1. The zero-order valence-corrected chi connectivity index (χ0v) is 12.9. The molecule has 0 aliphatic rings. The van der Waals surface area contributed by atoms with E-state index in [0.717, 1.165) is 9.86 Å². The van der Waals surface area contributed by atoms with E-state index in [2.05, 4.69) is 15.9 Å². The van der Waals surface area contributed by atoms with Crippen LogP contribution in [0.2, 0.25) is 0 Å². The number of hydrogen-bond donors (Lipinski definition) is 0. The number of aryl methyl sites for hydroxylation is 1. The molecule has 0 amide bonds. The van der Waals surface area contributed by atoms with E-state index in [9.17, 15) is 9.59 Å². The van der Waals surface area contributed by atoms with Crippen LogP contribution in [0.15, 0.2) is 56.3 Å². The Morgan fingerprint density at radius 1 is 1.29 bits per heavy atom. The number of halogens is 1. The van der Waals surface area contributed by atoms with Crippen LogP contribution in [-0.4, -0.2) is 10.4 Å². The number of carbonyl (C=O) groups is 1. The number of rotatable bonds is 3. The molecule has 0 atom stereocenters. The van der Waals surface area contributed by atoms with Gasteiger partial charge in [0.1, 0.15) is 5.58 Å². The Kier molecular flexibility index (Phi) is 3.51. The lowest BCUT2D eigenvalue weighted by molar-refractivity contribution is 0.0946. The minimum absolute atomic E-state index is 0.0427. The number of fused-ring (bicyclic) bond motifs is 1. The lowest BCUT2D eigenvalue weighted by Crippen LogP contribution is -2.25. The highest BCUT2D eigenvalue weighted by Crippen LogP contribution is 2.19. The van der Waals surface area contributed by atoms with Gasteiger partial charge in [0.25, 0.3) is 5.56 Å². The van der Waals surface area contributed by atoms with Crippen molar-refractivity contribution in [2.75, 3.05) is 0 Å². The zero-order chi connectivity index (χ0) is 15.0. The maximum Gasteiger partial charge on any atom is 0.253 e. The third-order valence-electron chi connectivity index (χ3n) is 3.25. The fraction of sp³-hybridized carbons (Fsp3) is 0.125. The fourth-order valence-electron chi connectivity index (χ4n) is 2.21. The highest BCUT2D eigenvalue weighted by atomic mass is 79.9. The van der Waals surface area contributed by atoms with E-state index in [1.54, 1.807) is 25.3 Å². The molecule has 0 N–H and O–H groups in total. The van der Waals surface area contributed by atoms with Crippen molar-refractivity contribution in [3.05, 3.63) is 68.7 Å². The number of nitrogens with zero attached hydrogens (tertiary/aromatic N) is 1. The van der Waals surface area contributed by atoms with E-state index in [1.807, 2.05) is 24.3 Å². The van der Waals surface area contributed by atoms with Crippen LogP contribution in [0.25, 0.3) is 11.0 Å². The van der Waals surface area contributed by atoms with Crippen LogP contribution in [0.4, 0.5) is 0 Å². The van der Waals surface area contributed by atoms with Crippen LogP contribution >= 0.6 is 15.9 Å². The summed E-state index contributed by atoms with van der Waals surface area (Å²) in [6.45, 7) is 1.67. The molecule has 0 saturated heterocycles. The van der Waals surface area contributed by atoms with Crippen molar-refractivity contribution in [3.8, 4) is 0 Å². The summed E-state index contributed by atoms with van der Waals surface area (Å²) in [5.74, 6) is 0.0338. The number of para-hydroxylation sites is 1. The van der Waals surface area contributed by atoms with Gasteiger partial charge in [0.2, 0.25) is 5.78 Å². The number of benzene rings is 1. The molecule has 2 heterocycles. The topological polar surface area (TPSA) is 52.2 Å². The molecule has 0 fully saturated rings. The lowest BCUT2D eigenvalue weighted by Gasteiger charge is -2.05. The molecule has 0 radical (unpaired) electrons. The number of pyridine rings is 1. The van der Waals surface area contributed by atoms with E-state index >= 15 is 0 Å². The van der Waals surface area contributed by atoms with Crippen LogP contribution in [-0.2, 0) is 6.54 Å².